The first kappa shape index (κ1) is 50.3. The number of nitrogens with one attached hydrogen (secondary N) is 2. The van der Waals surface area contributed by atoms with Gasteiger partial charge in [-0.2, -0.15) is 29.8 Å². The molecule has 6 rings (SSSR count). The fraction of sp³-hybridized carbons (Fsp3) is 0.419. The molecule has 0 bridgehead atoms. The number of nitrogens with zero attached hydrogens (tertiary/aromatic N) is 2. The number of fused-ring (bicyclic) bond motifs is 6. The lowest BCUT2D eigenvalue weighted by Crippen LogP contribution is -2.30. The van der Waals surface area contributed by atoms with Crippen molar-refractivity contribution in [3.05, 3.63) is 89.6 Å². The zero-order valence-electron chi connectivity index (χ0n) is 36.9. The normalized spacial score (nSPS) is 17.2. The summed E-state index contributed by atoms with van der Waals surface area (Å²) in [5, 5.41) is 1.51. The summed E-state index contributed by atoms with van der Waals surface area (Å²) in [4.78, 5) is 1.06. The van der Waals surface area contributed by atoms with E-state index in [1.165, 1.54) is 6.07 Å². The highest BCUT2D eigenvalue weighted by Gasteiger charge is 2.47. The van der Waals surface area contributed by atoms with Gasteiger partial charge in [-0.1, -0.05) is 64.8 Å². The van der Waals surface area contributed by atoms with Gasteiger partial charge in [-0.25, -0.2) is 26.3 Å². The maximum Gasteiger partial charge on any atom is 0.294 e. The number of hydrogen-bond donors (Lipinski definition) is 5. The summed E-state index contributed by atoms with van der Waals surface area (Å²) >= 11 is 0. The Morgan fingerprint density at radius 2 is 1.32 bits per heavy atom. The van der Waals surface area contributed by atoms with E-state index < -0.39 is 89.1 Å². The van der Waals surface area contributed by atoms with Crippen molar-refractivity contribution >= 4 is 89.0 Å². The van der Waals surface area contributed by atoms with Crippen LogP contribution in [-0.2, 0) is 61.2 Å². The quantitative estimate of drug-likeness (QED) is 0.0424. The summed E-state index contributed by atoms with van der Waals surface area (Å²) in [7, 11) is -22.5. The first-order valence-corrected chi connectivity index (χ1v) is 28.5. The minimum atomic E-state index is -5.03. The van der Waals surface area contributed by atoms with Crippen LogP contribution in [0.25, 0.3) is 21.5 Å². The van der Waals surface area contributed by atoms with Gasteiger partial charge in [-0.15, -0.1) is 0 Å². The number of benzene rings is 4. The van der Waals surface area contributed by atoms with Crippen molar-refractivity contribution in [1.82, 2.24) is 9.44 Å². The standard InChI is InChI=1S/C43H54N4O13S5/c1-7-9-10-23-46-34-20-18-30-32(14-11-15-36(30)63(54,55)44-8-2)40(34)42(3,4)38(46)16-12-17-39-43(5,6)41-33-27-29(65(58,59)60)28-37(64(56,57)45-22-26-62(51,52)53)31(33)19-21-35(41)47(39)24-13-25-61(48,49)50/h11-12,14-21,27-28,44-45H,7-10,13,22-26H2,1-6H3,(H2-,48,49,50,51,52,53,58,59,60)/p+1. The van der Waals surface area contributed by atoms with Crippen LogP contribution in [-0.4, -0.2) is 104 Å². The summed E-state index contributed by atoms with van der Waals surface area (Å²) in [6.45, 7) is 11.8. The van der Waals surface area contributed by atoms with Crippen molar-refractivity contribution in [1.29, 1.82) is 0 Å². The number of sulfonamides is 2. The third kappa shape index (κ3) is 10.3. The van der Waals surface area contributed by atoms with Gasteiger partial charge in [0.25, 0.3) is 30.4 Å². The number of unbranched alkanes of at least 4 members (excludes halogenated alkanes) is 2. The van der Waals surface area contributed by atoms with E-state index in [-0.39, 0.29) is 35.2 Å². The van der Waals surface area contributed by atoms with Crippen LogP contribution >= 0.6 is 0 Å². The Morgan fingerprint density at radius 1 is 0.677 bits per heavy atom. The number of rotatable bonds is 19. The topological polar surface area (TPSA) is 262 Å². The predicted molar refractivity (Wildman–Crippen MR) is 251 cm³/mol. The summed E-state index contributed by atoms with van der Waals surface area (Å²) in [5.74, 6) is -1.55. The predicted octanol–water partition coefficient (Wildman–Crippen LogP) is 5.79. The van der Waals surface area contributed by atoms with Gasteiger partial charge in [0.1, 0.15) is 6.54 Å². The second-order valence-electron chi connectivity index (χ2n) is 17.1. The molecule has 5 N–H and O–H groups in total. The van der Waals surface area contributed by atoms with Gasteiger partial charge in [-0.3, -0.25) is 13.7 Å². The minimum Gasteiger partial charge on any atom is -0.344 e. The van der Waals surface area contributed by atoms with Crippen LogP contribution in [0, 0.1) is 0 Å². The Balaban J connectivity index is 1.53. The molecular weight excluding hydrogens is 941 g/mol. The molecule has 0 spiro atoms. The van der Waals surface area contributed by atoms with E-state index in [2.05, 4.69) is 35.1 Å². The maximum atomic E-state index is 13.7. The van der Waals surface area contributed by atoms with Gasteiger partial charge in [0.2, 0.25) is 25.7 Å². The van der Waals surface area contributed by atoms with Crippen LogP contribution in [0.15, 0.2) is 93.2 Å². The maximum absolute atomic E-state index is 13.7. The highest BCUT2D eigenvalue weighted by molar-refractivity contribution is 7.90. The molecular formula is C43H55N4O13S5+. The first-order chi connectivity index (χ1) is 30.1. The molecule has 2 aliphatic rings. The molecule has 2 heterocycles. The molecule has 0 amide bonds. The minimum absolute atomic E-state index is 0.0238. The van der Waals surface area contributed by atoms with Crippen molar-refractivity contribution in [2.45, 2.75) is 92.7 Å². The highest BCUT2D eigenvalue weighted by atomic mass is 32.2. The second kappa shape index (κ2) is 18.2. The summed E-state index contributed by atoms with van der Waals surface area (Å²) in [6, 6.07) is 13.9. The van der Waals surface area contributed by atoms with Crippen LogP contribution in [0.1, 0.15) is 78.4 Å². The van der Waals surface area contributed by atoms with E-state index in [9.17, 15) is 55.7 Å². The second-order valence-corrected chi connectivity index (χ2v) is 25.2. The molecule has 0 fully saturated rings. The van der Waals surface area contributed by atoms with Crippen molar-refractivity contribution < 1.29 is 60.3 Å². The van der Waals surface area contributed by atoms with E-state index in [0.29, 0.717) is 28.9 Å². The van der Waals surface area contributed by atoms with E-state index in [1.54, 1.807) is 29.7 Å². The van der Waals surface area contributed by atoms with Gasteiger partial charge in [0.15, 0.2) is 5.71 Å². The van der Waals surface area contributed by atoms with Gasteiger partial charge < -0.3 is 4.90 Å². The molecule has 2 aliphatic heterocycles. The van der Waals surface area contributed by atoms with Gasteiger partial charge in [0.05, 0.1) is 31.6 Å². The first-order valence-electron chi connectivity index (χ1n) is 20.9. The third-order valence-corrected chi connectivity index (χ3v) is 17.3. The van der Waals surface area contributed by atoms with Gasteiger partial charge in [0, 0.05) is 71.3 Å². The van der Waals surface area contributed by atoms with Crippen LogP contribution in [0.2, 0.25) is 0 Å². The molecule has 65 heavy (non-hydrogen) atoms. The summed E-state index contributed by atoms with van der Waals surface area (Å²) in [5.41, 5.74) is 2.56. The number of hydrogen-bond acceptors (Lipinski definition) is 11. The summed E-state index contributed by atoms with van der Waals surface area (Å²) < 4.78 is 161. The molecule has 22 heteroatoms. The molecule has 0 atom stereocenters. The van der Waals surface area contributed by atoms with Crippen molar-refractivity contribution in [2.24, 2.45) is 0 Å². The lowest BCUT2D eigenvalue weighted by molar-refractivity contribution is -0.437. The lowest BCUT2D eigenvalue weighted by atomic mass is 9.78. The Labute approximate surface area is 381 Å². The Morgan fingerprint density at radius 3 is 1.95 bits per heavy atom. The number of anilines is 1. The van der Waals surface area contributed by atoms with Crippen LogP contribution in [0.3, 0.4) is 0 Å². The molecule has 0 saturated heterocycles. The van der Waals surface area contributed by atoms with E-state index in [0.717, 1.165) is 53.7 Å². The zero-order valence-corrected chi connectivity index (χ0v) is 40.9. The van der Waals surface area contributed by atoms with E-state index in [4.69, 9.17) is 0 Å². The van der Waals surface area contributed by atoms with Crippen molar-refractivity contribution in [2.75, 3.05) is 42.6 Å². The fourth-order valence-electron chi connectivity index (χ4n) is 9.13. The molecule has 0 radical (unpaired) electrons. The highest BCUT2D eigenvalue weighted by Crippen LogP contribution is 2.52. The fourth-order valence-corrected chi connectivity index (χ4v) is 13.3. The Hall–Kier alpha value is -4.10. The molecule has 4 aromatic rings. The molecule has 354 valence electrons. The van der Waals surface area contributed by atoms with Crippen molar-refractivity contribution in [3.63, 3.8) is 0 Å². The van der Waals surface area contributed by atoms with Crippen LogP contribution in [0.5, 0.6) is 0 Å². The molecule has 4 aromatic carbocycles. The summed E-state index contributed by atoms with van der Waals surface area (Å²) in [6.07, 6.45) is 8.42. The van der Waals surface area contributed by atoms with Gasteiger partial charge >= 0.3 is 0 Å². The van der Waals surface area contributed by atoms with Crippen LogP contribution < -0.4 is 14.3 Å². The number of allylic oxidation sites excluding steroid dienone is 4. The Bertz CT molecular complexity index is 3250. The van der Waals surface area contributed by atoms with Gasteiger partial charge in [-0.05, 0) is 73.0 Å². The van der Waals surface area contributed by atoms with Crippen LogP contribution in [0.4, 0.5) is 11.4 Å². The Kier molecular flexibility index (Phi) is 14.1. The smallest absolute Gasteiger partial charge is 0.294 e. The average molecular weight is 996 g/mol. The third-order valence-electron chi connectivity index (χ3n) is 11.9. The molecule has 0 saturated carbocycles. The SMILES string of the molecule is CCCCCN1/C(=C/C=C/C2=[N+](CCCS(=O)(=O)O)c3ccc4c(S(=O)(=O)NCCS(=O)(=O)O)cc(S(=O)(=O)O)cc4c3C2(C)C)C(C)(C)c2c1ccc1c(S(=O)(=O)NCC)cccc21. The molecule has 0 aromatic heterocycles. The monoisotopic (exact) mass is 995 g/mol. The molecule has 0 unspecified atom stereocenters. The van der Waals surface area contributed by atoms with E-state index in [1.807, 2.05) is 50.3 Å². The van der Waals surface area contributed by atoms with Crippen molar-refractivity contribution in [3.8, 4) is 0 Å². The molecule has 17 nitrogen and oxygen atoms in total. The zero-order chi connectivity index (χ0) is 48.1. The lowest BCUT2D eigenvalue weighted by Gasteiger charge is -2.27. The average Bonchev–Trinajstić information content (AvgIpc) is 3.54. The van der Waals surface area contributed by atoms with E-state index >= 15 is 0 Å². The largest absolute Gasteiger partial charge is 0.344 e. The molecule has 0 aliphatic carbocycles.